The number of rotatable bonds is 4. The molecular formula is C15H14N2O2S. The summed E-state index contributed by atoms with van der Waals surface area (Å²) in [6.45, 7) is 0. The highest BCUT2D eigenvalue weighted by atomic mass is 32.1. The maximum absolute atomic E-state index is 11.8. The Hall–Kier alpha value is -2.14. The van der Waals surface area contributed by atoms with Crippen molar-refractivity contribution < 1.29 is 9.59 Å². The van der Waals surface area contributed by atoms with Crippen LogP contribution in [0.3, 0.4) is 0 Å². The number of hydrogen-bond acceptors (Lipinski definition) is 3. The van der Waals surface area contributed by atoms with Crippen molar-refractivity contribution in [3.8, 4) is 10.4 Å². The van der Waals surface area contributed by atoms with Gasteiger partial charge < -0.3 is 11.1 Å². The van der Waals surface area contributed by atoms with E-state index in [-0.39, 0.29) is 11.8 Å². The molecule has 1 aliphatic carbocycles. The van der Waals surface area contributed by atoms with Crippen LogP contribution in [0, 0.1) is 5.92 Å². The lowest BCUT2D eigenvalue weighted by molar-refractivity contribution is -0.117. The van der Waals surface area contributed by atoms with Gasteiger partial charge in [-0.05, 0) is 24.5 Å². The van der Waals surface area contributed by atoms with Crippen LogP contribution in [0.2, 0.25) is 0 Å². The summed E-state index contributed by atoms with van der Waals surface area (Å²) in [5.74, 6) is -0.443. The van der Waals surface area contributed by atoms with Crippen molar-refractivity contribution in [3.05, 3.63) is 42.0 Å². The van der Waals surface area contributed by atoms with Crippen molar-refractivity contribution in [2.24, 2.45) is 11.7 Å². The third kappa shape index (κ3) is 2.58. The number of nitrogens with one attached hydrogen (secondary N) is 1. The number of thiophene rings is 1. The molecule has 0 spiro atoms. The molecule has 4 nitrogen and oxygen atoms in total. The highest BCUT2D eigenvalue weighted by molar-refractivity contribution is 7.20. The Morgan fingerprint density at radius 3 is 2.50 bits per heavy atom. The van der Waals surface area contributed by atoms with E-state index < -0.39 is 5.91 Å². The van der Waals surface area contributed by atoms with E-state index in [1.807, 2.05) is 30.3 Å². The molecule has 1 aliphatic rings. The molecule has 0 atom stereocenters. The summed E-state index contributed by atoms with van der Waals surface area (Å²) in [5, 5.41) is 3.37. The van der Waals surface area contributed by atoms with E-state index in [1.54, 1.807) is 6.07 Å². The molecule has 0 bridgehead atoms. The number of nitrogens with two attached hydrogens (primary N) is 1. The SMILES string of the molecule is NC(=O)c1cc(-c2ccccc2)sc1NC(=O)C1CC1. The minimum atomic E-state index is -0.519. The summed E-state index contributed by atoms with van der Waals surface area (Å²) in [7, 11) is 0. The van der Waals surface area contributed by atoms with Gasteiger partial charge in [0.1, 0.15) is 5.00 Å². The van der Waals surface area contributed by atoms with Gasteiger partial charge in [0.2, 0.25) is 5.91 Å². The van der Waals surface area contributed by atoms with Crippen LogP contribution in [0.4, 0.5) is 5.00 Å². The molecule has 1 saturated carbocycles. The van der Waals surface area contributed by atoms with Crippen LogP contribution in [-0.4, -0.2) is 11.8 Å². The fourth-order valence-electron chi connectivity index (χ4n) is 1.97. The Kier molecular flexibility index (Phi) is 3.28. The molecule has 5 heteroatoms. The molecule has 0 saturated heterocycles. The first kappa shape index (κ1) is 12.9. The summed E-state index contributed by atoms with van der Waals surface area (Å²) >= 11 is 1.38. The molecule has 20 heavy (non-hydrogen) atoms. The standard InChI is InChI=1S/C15H14N2O2S/c16-13(18)11-8-12(9-4-2-1-3-5-9)20-15(11)17-14(19)10-6-7-10/h1-5,8,10H,6-7H2,(H2,16,18)(H,17,19). The second-order valence-electron chi connectivity index (χ2n) is 4.85. The molecule has 0 aliphatic heterocycles. The summed E-state index contributed by atoms with van der Waals surface area (Å²) in [5.41, 5.74) is 6.77. The van der Waals surface area contributed by atoms with Crippen molar-refractivity contribution in [2.75, 3.05) is 5.32 Å². The van der Waals surface area contributed by atoms with Crippen molar-refractivity contribution in [1.29, 1.82) is 0 Å². The lowest BCUT2D eigenvalue weighted by Crippen LogP contribution is -2.17. The van der Waals surface area contributed by atoms with Gasteiger partial charge in [0, 0.05) is 10.8 Å². The third-order valence-corrected chi connectivity index (χ3v) is 4.34. The molecule has 1 aromatic heterocycles. The van der Waals surface area contributed by atoms with Crippen LogP contribution in [0.1, 0.15) is 23.2 Å². The Labute approximate surface area is 120 Å². The number of carbonyl (C=O) groups is 2. The second kappa shape index (κ2) is 5.09. The van der Waals surface area contributed by atoms with Gasteiger partial charge in [-0.15, -0.1) is 11.3 Å². The quantitative estimate of drug-likeness (QED) is 0.907. The van der Waals surface area contributed by atoms with Gasteiger partial charge in [0.15, 0.2) is 0 Å². The molecule has 1 fully saturated rings. The normalized spacial score (nSPS) is 14.0. The monoisotopic (exact) mass is 286 g/mol. The summed E-state index contributed by atoms with van der Waals surface area (Å²) in [6.07, 6.45) is 1.85. The van der Waals surface area contributed by atoms with Gasteiger partial charge in [-0.25, -0.2) is 0 Å². The minimum absolute atomic E-state index is 0.0195. The van der Waals surface area contributed by atoms with Crippen LogP contribution in [0.5, 0.6) is 0 Å². The average molecular weight is 286 g/mol. The fraction of sp³-hybridized carbons (Fsp3) is 0.200. The van der Waals surface area contributed by atoms with Crippen LogP contribution in [0.25, 0.3) is 10.4 Å². The minimum Gasteiger partial charge on any atom is -0.366 e. The molecule has 0 radical (unpaired) electrons. The number of carbonyl (C=O) groups excluding carboxylic acids is 2. The van der Waals surface area contributed by atoms with E-state index >= 15 is 0 Å². The first-order valence-electron chi connectivity index (χ1n) is 6.45. The molecule has 2 aromatic rings. The number of hydrogen-bond donors (Lipinski definition) is 2. The molecule has 3 N–H and O–H groups in total. The molecule has 102 valence electrons. The lowest BCUT2D eigenvalue weighted by atomic mass is 10.1. The molecule has 1 heterocycles. The van der Waals surface area contributed by atoms with Crippen LogP contribution in [0.15, 0.2) is 36.4 Å². The van der Waals surface area contributed by atoms with Crippen LogP contribution >= 0.6 is 11.3 Å². The van der Waals surface area contributed by atoms with Crippen LogP contribution in [-0.2, 0) is 4.79 Å². The maximum atomic E-state index is 11.8. The largest absolute Gasteiger partial charge is 0.366 e. The molecule has 2 amide bonds. The Morgan fingerprint density at radius 1 is 1.20 bits per heavy atom. The van der Waals surface area contributed by atoms with E-state index in [0.29, 0.717) is 10.6 Å². The predicted octanol–water partition coefficient (Wildman–Crippen LogP) is 2.86. The van der Waals surface area contributed by atoms with Gasteiger partial charge in [-0.3, -0.25) is 9.59 Å². The molecule has 3 rings (SSSR count). The zero-order valence-electron chi connectivity index (χ0n) is 10.8. The van der Waals surface area contributed by atoms with Crippen molar-refractivity contribution in [2.45, 2.75) is 12.8 Å². The van der Waals surface area contributed by atoms with Crippen molar-refractivity contribution >= 4 is 28.2 Å². The van der Waals surface area contributed by atoms with Crippen molar-refractivity contribution in [1.82, 2.24) is 0 Å². The first-order valence-corrected chi connectivity index (χ1v) is 7.26. The van der Waals surface area contributed by atoms with Crippen LogP contribution < -0.4 is 11.1 Å². The number of benzene rings is 1. The highest BCUT2D eigenvalue weighted by Crippen LogP contribution is 2.37. The van der Waals surface area contributed by atoms with Crippen molar-refractivity contribution in [3.63, 3.8) is 0 Å². The number of anilines is 1. The molecule has 0 unspecified atom stereocenters. The number of primary amides is 1. The average Bonchev–Trinajstić information content (AvgIpc) is 3.21. The Morgan fingerprint density at radius 2 is 1.90 bits per heavy atom. The van der Waals surface area contributed by atoms with Gasteiger partial charge in [0.25, 0.3) is 5.91 Å². The zero-order valence-corrected chi connectivity index (χ0v) is 11.6. The third-order valence-electron chi connectivity index (χ3n) is 3.24. The Bertz CT molecular complexity index is 660. The smallest absolute Gasteiger partial charge is 0.251 e. The molecular weight excluding hydrogens is 272 g/mol. The van der Waals surface area contributed by atoms with Gasteiger partial charge in [-0.1, -0.05) is 30.3 Å². The van der Waals surface area contributed by atoms with E-state index in [1.165, 1.54) is 11.3 Å². The van der Waals surface area contributed by atoms with Gasteiger partial charge >= 0.3 is 0 Å². The second-order valence-corrected chi connectivity index (χ2v) is 5.90. The highest BCUT2D eigenvalue weighted by Gasteiger charge is 2.30. The van der Waals surface area contributed by atoms with Gasteiger partial charge in [-0.2, -0.15) is 0 Å². The maximum Gasteiger partial charge on any atom is 0.251 e. The number of amides is 2. The zero-order chi connectivity index (χ0) is 14.1. The van der Waals surface area contributed by atoms with E-state index in [9.17, 15) is 9.59 Å². The summed E-state index contributed by atoms with van der Waals surface area (Å²) in [6, 6.07) is 11.5. The predicted molar refractivity (Wildman–Crippen MR) is 79.6 cm³/mol. The van der Waals surface area contributed by atoms with Gasteiger partial charge in [0.05, 0.1) is 5.56 Å². The van der Waals surface area contributed by atoms with E-state index in [0.717, 1.165) is 23.3 Å². The molecule has 1 aromatic carbocycles. The summed E-state index contributed by atoms with van der Waals surface area (Å²) in [4.78, 5) is 24.3. The lowest BCUT2D eigenvalue weighted by Gasteiger charge is -2.02. The Balaban J connectivity index is 1.93. The topological polar surface area (TPSA) is 72.2 Å². The summed E-state index contributed by atoms with van der Waals surface area (Å²) < 4.78 is 0. The van der Waals surface area contributed by atoms with E-state index in [4.69, 9.17) is 5.73 Å². The fourth-order valence-corrected chi connectivity index (χ4v) is 3.04. The first-order chi connectivity index (χ1) is 9.65. The van der Waals surface area contributed by atoms with E-state index in [2.05, 4.69) is 5.32 Å².